The van der Waals surface area contributed by atoms with Crippen LogP contribution in [-0.4, -0.2) is 33.6 Å². The van der Waals surface area contributed by atoms with Crippen molar-refractivity contribution >= 4 is 39.4 Å². The highest BCUT2D eigenvalue weighted by molar-refractivity contribution is 9.23. The van der Waals surface area contributed by atoms with Gasteiger partial charge in [0.2, 0.25) is 0 Å². The number of rotatable bonds is 3. The van der Waals surface area contributed by atoms with E-state index >= 15 is 0 Å². The minimum atomic E-state index is -1.16. The van der Waals surface area contributed by atoms with Gasteiger partial charge in [-0.15, -0.1) is 4.17 Å². The molecule has 0 aromatic carbocycles. The van der Waals surface area contributed by atoms with E-state index in [9.17, 15) is 0 Å². The van der Waals surface area contributed by atoms with Gasteiger partial charge in [-0.1, -0.05) is 0 Å². The molecule has 0 N–H and O–H groups in total. The first-order valence-corrected chi connectivity index (χ1v) is 10.7. The lowest BCUT2D eigenvalue weighted by Gasteiger charge is -2.17. The molecule has 8 heavy (non-hydrogen) atoms. The molecular formula is C4H11BrMgOSi. The minimum absolute atomic E-state index is 0.0481. The van der Waals surface area contributed by atoms with Crippen LogP contribution >= 0.6 is 12.9 Å². The van der Waals surface area contributed by atoms with Crippen molar-refractivity contribution < 1.29 is 4.43 Å². The molecule has 0 aromatic rings. The second-order valence-electron chi connectivity index (χ2n) is 2.40. The molecule has 0 saturated carbocycles. The summed E-state index contributed by atoms with van der Waals surface area (Å²) >= 11 is 3.57. The fourth-order valence-corrected chi connectivity index (χ4v) is 11.6. The third kappa shape index (κ3) is 4.32. The van der Waals surface area contributed by atoms with Crippen LogP contribution < -0.4 is 0 Å². The van der Waals surface area contributed by atoms with Gasteiger partial charge in [0.15, 0.2) is 8.32 Å². The quantitative estimate of drug-likeness (QED) is 0.641. The van der Waals surface area contributed by atoms with Gasteiger partial charge in [-0.3, -0.25) is 0 Å². The number of halogens is 1. The summed E-state index contributed by atoms with van der Waals surface area (Å²) < 4.78 is 6.66. The molecule has 0 fully saturated rings. The molecule has 0 spiro atoms. The summed E-state index contributed by atoms with van der Waals surface area (Å²) in [5.41, 5.74) is 0. The zero-order chi connectivity index (χ0) is 6.62. The summed E-state index contributed by atoms with van der Waals surface area (Å²) in [6, 6.07) is 0. The number of hydrogen-bond donors (Lipinski definition) is 0. The van der Waals surface area contributed by atoms with Gasteiger partial charge in [0.05, 0.1) is 0 Å². The van der Waals surface area contributed by atoms with Gasteiger partial charge >= 0.3 is 18.2 Å². The van der Waals surface area contributed by atoms with Crippen molar-refractivity contribution in [3.8, 4) is 0 Å². The molecule has 0 amide bonds. The highest BCUT2D eigenvalue weighted by atomic mass is 79.9. The van der Waals surface area contributed by atoms with E-state index in [0.717, 1.165) is 0 Å². The van der Waals surface area contributed by atoms with Crippen molar-refractivity contribution in [2.24, 2.45) is 0 Å². The molecule has 0 saturated heterocycles. The first-order chi connectivity index (χ1) is 3.62. The maximum absolute atomic E-state index is 5.32. The molecule has 0 bridgehead atoms. The van der Waals surface area contributed by atoms with Crippen molar-refractivity contribution in [1.29, 1.82) is 0 Å². The Kier molecular flexibility index (Phi) is 5.03. The molecule has 0 aromatic heterocycles. The average Bonchev–Trinajstić information content (AvgIpc) is 1.67. The summed E-state index contributed by atoms with van der Waals surface area (Å²) in [5, 5.41) is 0. The second kappa shape index (κ2) is 4.27. The van der Waals surface area contributed by atoms with Gasteiger partial charge in [0.25, 0.3) is 0 Å². The van der Waals surface area contributed by atoms with E-state index in [4.69, 9.17) is 4.43 Å². The Hall–Kier alpha value is 1.42. The predicted octanol–water partition coefficient (Wildman–Crippen LogP) is 1.81. The lowest BCUT2D eigenvalue weighted by atomic mass is 11.8. The second-order valence-corrected chi connectivity index (χ2v) is 11.1. The first-order valence-electron chi connectivity index (χ1n) is 2.73. The van der Waals surface area contributed by atoms with E-state index in [-0.39, 0.29) is 18.2 Å². The third-order valence-corrected chi connectivity index (χ3v) is 11.5. The Bertz CT molecular complexity index is 69.1. The Labute approximate surface area is 67.9 Å². The van der Waals surface area contributed by atoms with Crippen molar-refractivity contribution in [3.63, 3.8) is 0 Å². The fraction of sp³-hybridized carbons (Fsp3) is 1.00. The Morgan fingerprint density at radius 2 is 2.12 bits per heavy atom. The molecule has 1 nitrogen and oxygen atoms in total. The third-order valence-electron chi connectivity index (χ3n) is 1.25. The molecule has 0 rings (SSSR count). The van der Waals surface area contributed by atoms with Crippen LogP contribution in [0.5, 0.6) is 0 Å². The topological polar surface area (TPSA) is 9.23 Å². The summed E-state index contributed by atoms with van der Waals surface area (Å²) in [4.78, 5) is 0. The van der Waals surface area contributed by atoms with Crippen molar-refractivity contribution in [2.45, 2.75) is 17.3 Å². The van der Waals surface area contributed by atoms with Crippen LogP contribution in [-0.2, 0) is 4.43 Å². The lowest BCUT2D eigenvalue weighted by molar-refractivity contribution is 0.409. The maximum atomic E-state index is 5.32. The van der Waals surface area contributed by atoms with E-state index in [2.05, 4.69) is 26.0 Å². The highest BCUT2D eigenvalue weighted by Crippen LogP contribution is 2.08. The van der Waals surface area contributed by atoms with Gasteiger partial charge < -0.3 is 17.3 Å². The smallest absolute Gasteiger partial charge is 0.423 e. The largest absolute Gasteiger partial charge is 0.468 e. The highest BCUT2D eigenvalue weighted by Gasteiger charge is 2.18. The SMILES string of the molecule is CO[Si](C)(C)[CH2][Mg][Br]. The molecular weight excluding hydrogens is 196 g/mol. The molecule has 0 unspecified atom stereocenters. The zero-order valence-corrected chi connectivity index (χ0v) is 9.70. The monoisotopic (exact) mass is 206 g/mol. The number of hydrogen-bond acceptors (Lipinski definition) is 1. The molecule has 0 radical (unpaired) electrons. The van der Waals surface area contributed by atoms with Crippen LogP contribution in [0.3, 0.4) is 0 Å². The summed E-state index contributed by atoms with van der Waals surface area (Å²) in [6.07, 6.45) is 0. The van der Waals surface area contributed by atoms with Gasteiger partial charge in [-0.2, -0.15) is 0 Å². The molecule has 46 valence electrons. The molecule has 0 aliphatic heterocycles. The van der Waals surface area contributed by atoms with Gasteiger partial charge in [0, 0.05) is 7.11 Å². The summed E-state index contributed by atoms with van der Waals surface area (Å²) in [6.45, 7) is 4.50. The van der Waals surface area contributed by atoms with Crippen LogP contribution in [0.4, 0.5) is 0 Å². The van der Waals surface area contributed by atoms with E-state index < -0.39 is 8.32 Å². The standard InChI is InChI=1S/C4H11OSi.BrH.Mg/c1-5-6(2,3)4;;/h2H2,1,3-4H3;1H;/q;;+1/p-1. The molecule has 0 atom stereocenters. The molecule has 4 heteroatoms. The van der Waals surface area contributed by atoms with Crippen molar-refractivity contribution in [1.82, 2.24) is 0 Å². The fourth-order valence-electron chi connectivity index (χ4n) is 0.330. The van der Waals surface area contributed by atoms with Crippen LogP contribution in [0.25, 0.3) is 0 Å². The first kappa shape index (κ1) is 9.42. The van der Waals surface area contributed by atoms with Gasteiger partial charge in [-0.25, -0.2) is 0 Å². The van der Waals surface area contributed by atoms with Crippen LogP contribution in [0.2, 0.25) is 17.3 Å². The van der Waals surface area contributed by atoms with E-state index in [1.807, 2.05) is 7.11 Å². The normalized spacial score (nSPS) is 11.0. The molecule has 0 aliphatic carbocycles. The van der Waals surface area contributed by atoms with E-state index in [1.165, 1.54) is 4.17 Å². The van der Waals surface area contributed by atoms with Gasteiger partial charge in [-0.05, 0) is 13.1 Å². The van der Waals surface area contributed by atoms with Crippen molar-refractivity contribution in [2.75, 3.05) is 7.11 Å². The van der Waals surface area contributed by atoms with Crippen LogP contribution in [0, 0.1) is 0 Å². The van der Waals surface area contributed by atoms with Gasteiger partial charge in [0.1, 0.15) is 0 Å². The van der Waals surface area contributed by atoms with E-state index in [0.29, 0.717) is 0 Å². The molecule has 0 heterocycles. The zero-order valence-electron chi connectivity index (χ0n) is 5.70. The Morgan fingerprint density at radius 3 is 2.25 bits per heavy atom. The lowest BCUT2D eigenvalue weighted by Crippen LogP contribution is -2.29. The maximum Gasteiger partial charge on any atom is 0.468 e. The van der Waals surface area contributed by atoms with Crippen molar-refractivity contribution in [3.05, 3.63) is 0 Å². The molecule has 0 aliphatic rings. The summed E-state index contributed by atoms with van der Waals surface area (Å²) in [5.74, 6) is 0. The predicted molar refractivity (Wildman–Crippen MR) is 44.0 cm³/mol. The average molecular weight is 207 g/mol. The van der Waals surface area contributed by atoms with Crippen LogP contribution in [0.15, 0.2) is 0 Å². The summed E-state index contributed by atoms with van der Waals surface area (Å²) in [7, 11) is 0.660. The van der Waals surface area contributed by atoms with E-state index in [1.54, 1.807) is 0 Å². The van der Waals surface area contributed by atoms with Crippen LogP contribution in [0.1, 0.15) is 0 Å². The Balaban J connectivity index is 3.37. The minimum Gasteiger partial charge on any atom is -0.423 e. The Morgan fingerprint density at radius 1 is 1.62 bits per heavy atom.